The molecule has 1 aliphatic rings. The van der Waals surface area contributed by atoms with Gasteiger partial charge < -0.3 is 14.8 Å². The molecule has 1 amide bonds. The third kappa shape index (κ3) is 4.93. The van der Waals surface area contributed by atoms with E-state index in [1.165, 1.54) is 4.68 Å². The summed E-state index contributed by atoms with van der Waals surface area (Å²) in [5, 5.41) is 7.16. The van der Waals surface area contributed by atoms with Gasteiger partial charge in [0.05, 0.1) is 7.11 Å². The highest BCUT2D eigenvalue weighted by Gasteiger charge is 2.17. The first-order valence-electron chi connectivity index (χ1n) is 10.3. The third-order valence-electron chi connectivity index (χ3n) is 5.14. The van der Waals surface area contributed by atoms with Crippen molar-refractivity contribution < 1.29 is 14.3 Å². The third-order valence-corrected chi connectivity index (χ3v) is 5.14. The lowest BCUT2D eigenvalue weighted by molar-refractivity contribution is -0.117. The standard InChI is InChI=1S/C22H25N5O4/c1-30-18-9-8-17(12-19(18)31-15-16-6-5-10-23-13-16)24-21(28)14-27-22(29)26-11-4-2-3-7-20(26)25-27/h5-6,8-10,12-13H,2-4,7,11,14-15H2,1H3,(H,24,28). The number of anilines is 1. The second kappa shape index (κ2) is 9.46. The van der Waals surface area contributed by atoms with E-state index in [0.29, 0.717) is 30.3 Å². The van der Waals surface area contributed by atoms with E-state index in [9.17, 15) is 9.59 Å². The summed E-state index contributed by atoms with van der Waals surface area (Å²) in [4.78, 5) is 29.2. The van der Waals surface area contributed by atoms with Crippen LogP contribution < -0.4 is 20.5 Å². The predicted molar refractivity (Wildman–Crippen MR) is 114 cm³/mol. The van der Waals surface area contributed by atoms with Crippen molar-refractivity contribution in [2.45, 2.75) is 45.4 Å². The minimum absolute atomic E-state index is 0.142. The van der Waals surface area contributed by atoms with Crippen molar-refractivity contribution in [3.63, 3.8) is 0 Å². The second-order valence-corrected chi connectivity index (χ2v) is 7.38. The fraction of sp³-hybridized carbons (Fsp3) is 0.364. The molecule has 3 aromatic rings. The van der Waals surface area contributed by atoms with Crippen molar-refractivity contribution in [3.8, 4) is 11.5 Å². The number of nitrogens with one attached hydrogen (secondary N) is 1. The van der Waals surface area contributed by atoms with Crippen molar-refractivity contribution in [1.29, 1.82) is 0 Å². The van der Waals surface area contributed by atoms with E-state index in [2.05, 4.69) is 15.4 Å². The van der Waals surface area contributed by atoms with E-state index in [1.54, 1.807) is 42.3 Å². The highest BCUT2D eigenvalue weighted by Crippen LogP contribution is 2.31. The average molecular weight is 423 g/mol. The van der Waals surface area contributed by atoms with Crippen LogP contribution in [0, 0.1) is 0 Å². The number of aryl methyl sites for hydroxylation is 1. The van der Waals surface area contributed by atoms with Crippen LogP contribution in [-0.4, -0.2) is 32.3 Å². The molecule has 4 rings (SSSR count). The van der Waals surface area contributed by atoms with E-state index in [0.717, 1.165) is 37.1 Å². The van der Waals surface area contributed by atoms with Crippen LogP contribution in [0.3, 0.4) is 0 Å². The number of methoxy groups -OCH3 is 1. The molecule has 2 aromatic heterocycles. The number of carbonyl (C=O) groups is 1. The molecule has 0 bridgehead atoms. The topological polar surface area (TPSA) is 100 Å². The van der Waals surface area contributed by atoms with Gasteiger partial charge in [-0.25, -0.2) is 9.48 Å². The molecule has 0 radical (unpaired) electrons. The molecule has 0 unspecified atom stereocenters. The van der Waals surface area contributed by atoms with Gasteiger partial charge in [-0.3, -0.25) is 14.3 Å². The highest BCUT2D eigenvalue weighted by molar-refractivity contribution is 5.90. The van der Waals surface area contributed by atoms with Crippen molar-refractivity contribution in [3.05, 3.63) is 64.6 Å². The number of nitrogens with zero attached hydrogens (tertiary/aromatic N) is 4. The molecule has 9 nitrogen and oxygen atoms in total. The number of fused-ring (bicyclic) bond motifs is 1. The summed E-state index contributed by atoms with van der Waals surface area (Å²) < 4.78 is 14.1. The van der Waals surface area contributed by atoms with Crippen molar-refractivity contribution in [1.82, 2.24) is 19.3 Å². The van der Waals surface area contributed by atoms with Gasteiger partial charge in [0.1, 0.15) is 19.0 Å². The van der Waals surface area contributed by atoms with Gasteiger partial charge in [-0.1, -0.05) is 12.5 Å². The Kier molecular flexibility index (Phi) is 6.30. The molecule has 1 N–H and O–H groups in total. The minimum atomic E-state index is -0.335. The van der Waals surface area contributed by atoms with Crippen molar-refractivity contribution in [2.24, 2.45) is 0 Å². The summed E-state index contributed by atoms with van der Waals surface area (Å²) in [7, 11) is 1.56. The number of amides is 1. The summed E-state index contributed by atoms with van der Waals surface area (Å²) in [6, 6.07) is 8.88. The highest BCUT2D eigenvalue weighted by atomic mass is 16.5. The Morgan fingerprint density at radius 2 is 2.10 bits per heavy atom. The number of rotatable bonds is 7. The quantitative estimate of drug-likeness (QED) is 0.626. The monoisotopic (exact) mass is 423 g/mol. The molecule has 1 aliphatic heterocycles. The first-order chi connectivity index (χ1) is 15.1. The van der Waals surface area contributed by atoms with Gasteiger partial charge in [-0.2, -0.15) is 5.10 Å². The number of ether oxygens (including phenoxy) is 2. The summed E-state index contributed by atoms with van der Waals surface area (Å²) in [6.07, 6.45) is 7.24. The summed E-state index contributed by atoms with van der Waals surface area (Å²) in [5.74, 6) is 1.47. The molecule has 31 heavy (non-hydrogen) atoms. The maximum absolute atomic E-state index is 12.6. The van der Waals surface area contributed by atoms with Crippen molar-refractivity contribution >= 4 is 11.6 Å². The summed E-state index contributed by atoms with van der Waals surface area (Å²) >= 11 is 0. The number of aromatic nitrogens is 4. The maximum atomic E-state index is 12.6. The van der Waals surface area contributed by atoms with Crippen LogP contribution in [0.5, 0.6) is 11.5 Å². The van der Waals surface area contributed by atoms with E-state index in [1.807, 2.05) is 12.1 Å². The van der Waals surface area contributed by atoms with E-state index < -0.39 is 0 Å². The average Bonchev–Trinajstić information content (AvgIpc) is 2.94. The Labute approximate surface area is 179 Å². The van der Waals surface area contributed by atoms with E-state index >= 15 is 0 Å². The molecule has 0 saturated carbocycles. The molecular formula is C22H25N5O4. The molecule has 0 spiro atoms. The smallest absolute Gasteiger partial charge is 0.346 e. The second-order valence-electron chi connectivity index (χ2n) is 7.38. The van der Waals surface area contributed by atoms with Crippen LogP contribution >= 0.6 is 0 Å². The van der Waals surface area contributed by atoms with Crippen molar-refractivity contribution in [2.75, 3.05) is 12.4 Å². The van der Waals surface area contributed by atoms with Crippen LogP contribution in [0.2, 0.25) is 0 Å². The number of hydrogen-bond donors (Lipinski definition) is 1. The molecule has 0 aliphatic carbocycles. The Hall–Kier alpha value is -3.62. The Morgan fingerprint density at radius 3 is 2.90 bits per heavy atom. The van der Waals surface area contributed by atoms with Gasteiger partial charge in [-0.05, 0) is 31.0 Å². The fourth-order valence-corrected chi connectivity index (χ4v) is 3.58. The molecular weight excluding hydrogens is 398 g/mol. The number of benzene rings is 1. The molecule has 0 saturated heterocycles. The van der Waals surface area contributed by atoms with Gasteiger partial charge in [-0.15, -0.1) is 0 Å². The number of carbonyl (C=O) groups excluding carboxylic acids is 1. The SMILES string of the molecule is COc1ccc(NC(=O)Cn2nc3n(c2=O)CCCCC3)cc1OCc1cccnc1. The summed E-state index contributed by atoms with van der Waals surface area (Å²) in [6.45, 7) is 0.833. The first kappa shape index (κ1) is 20.6. The van der Waals surface area contributed by atoms with Crippen LogP contribution in [0.1, 0.15) is 30.7 Å². The lowest BCUT2D eigenvalue weighted by Crippen LogP contribution is -2.30. The van der Waals surface area contributed by atoms with Gasteiger partial charge in [0.2, 0.25) is 5.91 Å². The Balaban J connectivity index is 1.44. The van der Waals surface area contributed by atoms with Crippen LogP contribution in [-0.2, 0) is 30.9 Å². The normalized spacial score (nSPS) is 13.2. The van der Waals surface area contributed by atoms with Crippen LogP contribution in [0.15, 0.2) is 47.5 Å². The van der Waals surface area contributed by atoms with Crippen LogP contribution in [0.25, 0.3) is 0 Å². The van der Waals surface area contributed by atoms with E-state index in [4.69, 9.17) is 9.47 Å². The molecule has 162 valence electrons. The molecule has 1 aromatic carbocycles. The van der Waals surface area contributed by atoms with Gasteiger partial charge in [0.15, 0.2) is 11.5 Å². The van der Waals surface area contributed by atoms with E-state index in [-0.39, 0.29) is 18.1 Å². The zero-order valence-corrected chi connectivity index (χ0v) is 17.4. The minimum Gasteiger partial charge on any atom is -0.493 e. The number of pyridine rings is 1. The van der Waals surface area contributed by atoms with Crippen LogP contribution in [0.4, 0.5) is 5.69 Å². The molecule has 0 fully saturated rings. The zero-order chi connectivity index (χ0) is 21.6. The fourth-order valence-electron chi connectivity index (χ4n) is 3.58. The molecule has 0 atom stereocenters. The Bertz CT molecular complexity index is 1110. The largest absolute Gasteiger partial charge is 0.493 e. The Morgan fingerprint density at radius 1 is 1.19 bits per heavy atom. The maximum Gasteiger partial charge on any atom is 0.346 e. The predicted octanol–water partition coefficient (Wildman–Crippen LogP) is 2.39. The lowest BCUT2D eigenvalue weighted by atomic mass is 10.2. The van der Waals surface area contributed by atoms with Gasteiger partial charge in [0, 0.05) is 42.7 Å². The summed E-state index contributed by atoms with van der Waals surface area (Å²) in [5.41, 5.74) is 1.22. The zero-order valence-electron chi connectivity index (χ0n) is 17.4. The molecule has 3 heterocycles. The lowest BCUT2D eigenvalue weighted by Gasteiger charge is -2.13. The first-order valence-corrected chi connectivity index (χ1v) is 10.3. The van der Waals surface area contributed by atoms with Gasteiger partial charge >= 0.3 is 5.69 Å². The molecule has 9 heteroatoms. The van der Waals surface area contributed by atoms with Gasteiger partial charge in [0.25, 0.3) is 0 Å². The number of hydrogen-bond acceptors (Lipinski definition) is 6.